The average molecular weight is 355 g/mol. The van der Waals surface area contributed by atoms with Gasteiger partial charge in [0.1, 0.15) is 5.82 Å². The molecular formula is C19H25N5O2. The SMILES string of the molecule is CCn1ncc(C)c1NC(=O)C[C@H]1C(=O)NCCN1Cc1ccccc1. The molecule has 1 fully saturated rings. The topological polar surface area (TPSA) is 79.3 Å². The molecule has 0 bridgehead atoms. The molecule has 1 aromatic carbocycles. The monoisotopic (exact) mass is 355 g/mol. The van der Waals surface area contributed by atoms with Gasteiger partial charge in [-0.3, -0.25) is 14.5 Å². The van der Waals surface area contributed by atoms with Gasteiger partial charge in [0.05, 0.1) is 18.7 Å². The highest BCUT2D eigenvalue weighted by molar-refractivity contribution is 5.95. The van der Waals surface area contributed by atoms with Gasteiger partial charge in [-0.1, -0.05) is 30.3 Å². The van der Waals surface area contributed by atoms with Crippen LogP contribution in [-0.4, -0.2) is 45.6 Å². The second-order valence-corrected chi connectivity index (χ2v) is 6.51. The first kappa shape index (κ1) is 18.1. The predicted molar refractivity (Wildman–Crippen MR) is 99.5 cm³/mol. The van der Waals surface area contributed by atoms with Gasteiger partial charge in [-0.15, -0.1) is 0 Å². The Balaban J connectivity index is 1.69. The van der Waals surface area contributed by atoms with Crippen molar-refractivity contribution in [3.63, 3.8) is 0 Å². The van der Waals surface area contributed by atoms with E-state index in [-0.39, 0.29) is 18.2 Å². The molecule has 2 N–H and O–H groups in total. The lowest BCUT2D eigenvalue weighted by Gasteiger charge is -2.34. The zero-order valence-corrected chi connectivity index (χ0v) is 15.2. The summed E-state index contributed by atoms with van der Waals surface area (Å²) in [5.41, 5.74) is 2.04. The van der Waals surface area contributed by atoms with E-state index in [1.807, 2.05) is 44.2 Å². The smallest absolute Gasteiger partial charge is 0.237 e. The number of carbonyl (C=O) groups excluding carboxylic acids is 2. The van der Waals surface area contributed by atoms with E-state index in [1.54, 1.807) is 10.9 Å². The Morgan fingerprint density at radius 2 is 2.12 bits per heavy atom. The van der Waals surface area contributed by atoms with Crippen molar-refractivity contribution in [2.45, 2.75) is 39.4 Å². The van der Waals surface area contributed by atoms with Crippen molar-refractivity contribution in [1.82, 2.24) is 20.0 Å². The summed E-state index contributed by atoms with van der Waals surface area (Å²) in [6.07, 6.45) is 1.85. The molecular weight excluding hydrogens is 330 g/mol. The van der Waals surface area contributed by atoms with Gasteiger partial charge in [-0.05, 0) is 19.4 Å². The van der Waals surface area contributed by atoms with Crippen molar-refractivity contribution in [3.05, 3.63) is 47.7 Å². The van der Waals surface area contributed by atoms with Crippen LogP contribution in [0.5, 0.6) is 0 Å². The number of hydrogen-bond acceptors (Lipinski definition) is 4. The van der Waals surface area contributed by atoms with Gasteiger partial charge < -0.3 is 10.6 Å². The maximum Gasteiger partial charge on any atom is 0.237 e. The molecule has 0 unspecified atom stereocenters. The van der Waals surface area contributed by atoms with Crippen LogP contribution in [0.4, 0.5) is 5.82 Å². The quantitative estimate of drug-likeness (QED) is 0.824. The summed E-state index contributed by atoms with van der Waals surface area (Å²) in [5, 5.41) is 10.0. The number of nitrogens with zero attached hydrogens (tertiary/aromatic N) is 3. The van der Waals surface area contributed by atoms with Crippen LogP contribution in [0, 0.1) is 6.92 Å². The minimum absolute atomic E-state index is 0.0944. The van der Waals surface area contributed by atoms with E-state index < -0.39 is 6.04 Å². The van der Waals surface area contributed by atoms with Gasteiger partial charge in [0.2, 0.25) is 11.8 Å². The van der Waals surface area contributed by atoms with Gasteiger partial charge in [-0.2, -0.15) is 5.10 Å². The van der Waals surface area contributed by atoms with E-state index in [0.717, 1.165) is 17.7 Å². The van der Waals surface area contributed by atoms with Crippen LogP contribution in [-0.2, 0) is 22.7 Å². The van der Waals surface area contributed by atoms with E-state index >= 15 is 0 Å². The average Bonchev–Trinajstić information content (AvgIpc) is 2.99. The lowest BCUT2D eigenvalue weighted by atomic mass is 10.1. The summed E-state index contributed by atoms with van der Waals surface area (Å²) in [6.45, 7) is 6.53. The highest BCUT2D eigenvalue weighted by atomic mass is 16.2. The molecule has 7 nitrogen and oxygen atoms in total. The molecule has 2 aromatic rings. The fourth-order valence-electron chi connectivity index (χ4n) is 3.23. The Kier molecular flexibility index (Phi) is 5.68. The Morgan fingerprint density at radius 1 is 1.35 bits per heavy atom. The normalized spacial score (nSPS) is 17.8. The molecule has 2 amide bonds. The van der Waals surface area contributed by atoms with E-state index in [0.29, 0.717) is 25.5 Å². The van der Waals surface area contributed by atoms with Crippen LogP contribution >= 0.6 is 0 Å². The van der Waals surface area contributed by atoms with Crippen molar-refractivity contribution >= 4 is 17.6 Å². The van der Waals surface area contributed by atoms with Crippen LogP contribution in [0.3, 0.4) is 0 Å². The van der Waals surface area contributed by atoms with Crippen molar-refractivity contribution in [1.29, 1.82) is 0 Å². The summed E-state index contributed by atoms with van der Waals surface area (Å²) in [5.74, 6) is 0.426. The molecule has 1 saturated heterocycles. The first-order valence-corrected chi connectivity index (χ1v) is 8.96. The van der Waals surface area contributed by atoms with Crippen LogP contribution in [0.2, 0.25) is 0 Å². The zero-order valence-electron chi connectivity index (χ0n) is 15.2. The minimum atomic E-state index is -0.470. The minimum Gasteiger partial charge on any atom is -0.353 e. The van der Waals surface area contributed by atoms with Gasteiger partial charge in [-0.25, -0.2) is 4.68 Å². The molecule has 3 rings (SSSR count). The third-order valence-electron chi connectivity index (χ3n) is 4.63. The fourth-order valence-corrected chi connectivity index (χ4v) is 3.23. The maximum atomic E-state index is 12.6. The molecule has 7 heteroatoms. The summed E-state index contributed by atoms with van der Waals surface area (Å²) >= 11 is 0. The number of aryl methyl sites for hydroxylation is 2. The van der Waals surface area contributed by atoms with E-state index in [9.17, 15) is 9.59 Å². The third kappa shape index (κ3) is 4.11. The molecule has 0 saturated carbocycles. The molecule has 1 atom stereocenters. The van der Waals surface area contributed by atoms with Crippen LogP contribution in [0.25, 0.3) is 0 Å². The summed E-state index contributed by atoms with van der Waals surface area (Å²) in [6, 6.07) is 9.53. The predicted octanol–water partition coefficient (Wildman–Crippen LogP) is 1.54. The van der Waals surface area contributed by atoms with E-state index in [2.05, 4.69) is 20.6 Å². The van der Waals surface area contributed by atoms with Crippen molar-refractivity contribution in [3.8, 4) is 0 Å². The summed E-state index contributed by atoms with van der Waals surface area (Å²) in [7, 11) is 0. The van der Waals surface area contributed by atoms with Crippen molar-refractivity contribution < 1.29 is 9.59 Å². The van der Waals surface area contributed by atoms with Gasteiger partial charge in [0.15, 0.2) is 0 Å². The molecule has 1 aromatic heterocycles. The second-order valence-electron chi connectivity index (χ2n) is 6.51. The number of aromatic nitrogens is 2. The second kappa shape index (κ2) is 8.14. The van der Waals surface area contributed by atoms with Gasteiger partial charge >= 0.3 is 0 Å². The number of piperazine rings is 1. The standard InChI is InChI=1S/C19H25N5O2/c1-3-24-18(14(2)12-21-24)22-17(25)11-16-19(26)20-9-10-23(16)13-15-7-5-4-6-8-15/h4-8,12,16H,3,9-11,13H2,1-2H3,(H,20,26)(H,22,25)/t16-/m0/s1. The number of benzene rings is 1. The maximum absolute atomic E-state index is 12.6. The molecule has 0 aliphatic carbocycles. The Labute approximate surface area is 153 Å². The molecule has 138 valence electrons. The van der Waals surface area contributed by atoms with Crippen molar-refractivity contribution in [2.24, 2.45) is 0 Å². The lowest BCUT2D eigenvalue weighted by Crippen LogP contribution is -2.55. The van der Waals surface area contributed by atoms with Crippen LogP contribution in [0.15, 0.2) is 36.5 Å². The Hall–Kier alpha value is -2.67. The Morgan fingerprint density at radius 3 is 2.85 bits per heavy atom. The highest BCUT2D eigenvalue weighted by Crippen LogP contribution is 2.17. The first-order valence-electron chi connectivity index (χ1n) is 8.96. The van der Waals surface area contributed by atoms with Gasteiger partial charge in [0.25, 0.3) is 0 Å². The number of carbonyl (C=O) groups is 2. The lowest BCUT2D eigenvalue weighted by molar-refractivity contribution is -0.132. The molecule has 0 radical (unpaired) electrons. The van der Waals surface area contributed by atoms with Gasteiger partial charge in [0, 0.05) is 31.7 Å². The first-order chi connectivity index (χ1) is 12.6. The third-order valence-corrected chi connectivity index (χ3v) is 4.63. The van der Waals surface area contributed by atoms with E-state index in [4.69, 9.17) is 0 Å². The highest BCUT2D eigenvalue weighted by Gasteiger charge is 2.31. The number of nitrogens with one attached hydrogen (secondary N) is 2. The molecule has 26 heavy (non-hydrogen) atoms. The largest absolute Gasteiger partial charge is 0.353 e. The number of hydrogen-bond donors (Lipinski definition) is 2. The van der Waals surface area contributed by atoms with Crippen LogP contribution in [0.1, 0.15) is 24.5 Å². The zero-order chi connectivity index (χ0) is 18.5. The molecule has 2 heterocycles. The fraction of sp³-hybridized carbons (Fsp3) is 0.421. The van der Waals surface area contributed by atoms with E-state index in [1.165, 1.54) is 0 Å². The molecule has 1 aliphatic heterocycles. The molecule has 1 aliphatic rings. The Bertz CT molecular complexity index is 771. The number of amides is 2. The summed E-state index contributed by atoms with van der Waals surface area (Å²) < 4.78 is 1.75. The van der Waals surface area contributed by atoms with Crippen LogP contribution < -0.4 is 10.6 Å². The number of anilines is 1. The number of rotatable bonds is 6. The molecule has 0 spiro atoms. The summed E-state index contributed by atoms with van der Waals surface area (Å²) in [4.78, 5) is 27.0. The van der Waals surface area contributed by atoms with Crippen molar-refractivity contribution in [2.75, 3.05) is 18.4 Å².